The molecule has 0 aliphatic carbocycles. The van der Waals surface area contributed by atoms with Crippen molar-refractivity contribution in [3.05, 3.63) is 83.7 Å². The van der Waals surface area contributed by atoms with E-state index >= 15 is 0 Å². The van der Waals surface area contributed by atoms with Crippen molar-refractivity contribution in [2.45, 2.75) is 33.2 Å². The fourth-order valence-electron chi connectivity index (χ4n) is 4.98. The average molecular weight is 466 g/mol. The van der Waals surface area contributed by atoms with Crippen LogP contribution in [0.2, 0.25) is 0 Å². The molecule has 0 atom stereocenters. The van der Waals surface area contributed by atoms with Crippen molar-refractivity contribution in [1.29, 1.82) is 0 Å². The number of pyridine rings is 2. The van der Waals surface area contributed by atoms with Gasteiger partial charge in [-0.25, -0.2) is 4.98 Å². The van der Waals surface area contributed by atoms with E-state index in [9.17, 15) is 4.79 Å². The van der Waals surface area contributed by atoms with Crippen molar-refractivity contribution < 1.29 is 4.79 Å². The number of hydrogen-bond acceptors (Lipinski definition) is 5. The van der Waals surface area contributed by atoms with Crippen LogP contribution in [-0.4, -0.2) is 43.1 Å². The summed E-state index contributed by atoms with van der Waals surface area (Å²) in [6, 6.07) is 16.0. The largest absolute Gasteiger partial charge is 0.371 e. The van der Waals surface area contributed by atoms with Crippen LogP contribution < -0.4 is 10.2 Å². The minimum atomic E-state index is -0.202. The highest BCUT2D eigenvalue weighted by Gasteiger charge is 2.18. The van der Waals surface area contributed by atoms with Gasteiger partial charge in [0.1, 0.15) is 11.3 Å². The van der Waals surface area contributed by atoms with Crippen molar-refractivity contribution in [3.63, 3.8) is 0 Å². The number of nitrogens with zero attached hydrogens (tertiary/aromatic N) is 6. The monoisotopic (exact) mass is 465 g/mol. The normalized spacial score (nSPS) is 13.7. The minimum absolute atomic E-state index is 0.202. The first-order chi connectivity index (χ1) is 17.1. The Kier molecular flexibility index (Phi) is 5.21. The number of carbonyl (C=O) groups excluding carboxylic acids is 1. The van der Waals surface area contributed by atoms with E-state index in [1.165, 1.54) is 12.8 Å². The van der Waals surface area contributed by atoms with Crippen LogP contribution in [0.5, 0.6) is 0 Å². The first-order valence-electron chi connectivity index (χ1n) is 12.0. The maximum Gasteiger partial charge on any atom is 0.274 e. The van der Waals surface area contributed by atoms with E-state index in [1.54, 1.807) is 6.20 Å². The fourth-order valence-corrected chi connectivity index (χ4v) is 4.98. The van der Waals surface area contributed by atoms with Gasteiger partial charge >= 0.3 is 0 Å². The van der Waals surface area contributed by atoms with Crippen LogP contribution >= 0.6 is 0 Å². The average Bonchev–Trinajstić information content (AvgIpc) is 3.59. The summed E-state index contributed by atoms with van der Waals surface area (Å²) in [5, 5.41) is 8.77. The Bertz CT molecular complexity index is 1560. The van der Waals surface area contributed by atoms with E-state index in [2.05, 4.69) is 32.3 Å². The number of hydrogen-bond donors (Lipinski definition) is 1. The SMILES string of the molecule is Cc1cccc(Cn2nc(C)c3c(NC(=O)c4cnc5cc(N6CCCC6)ccn45)cccc32)n1. The van der Waals surface area contributed by atoms with Gasteiger partial charge in [0.25, 0.3) is 5.91 Å². The Morgan fingerprint density at radius 1 is 1.06 bits per heavy atom. The maximum atomic E-state index is 13.3. The van der Waals surface area contributed by atoms with Gasteiger partial charge < -0.3 is 10.2 Å². The number of rotatable bonds is 5. The van der Waals surface area contributed by atoms with Gasteiger partial charge in [0.05, 0.1) is 35.3 Å². The molecular weight excluding hydrogens is 438 g/mol. The van der Waals surface area contributed by atoms with Gasteiger partial charge in [-0.05, 0) is 57.0 Å². The van der Waals surface area contributed by atoms with Gasteiger partial charge in [0, 0.05) is 42.1 Å². The molecule has 1 N–H and O–H groups in total. The Morgan fingerprint density at radius 3 is 2.71 bits per heavy atom. The molecule has 1 amide bonds. The zero-order chi connectivity index (χ0) is 23.9. The molecule has 1 aliphatic rings. The van der Waals surface area contributed by atoms with E-state index in [-0.39, 0.29) is 5.91 Å². The van der Waals surface area contributed by atoms with Crippen molar-refractivity contribution in [2.75, 3.05) is 23.3 Å². The highest BCUT2D eigenvalue weighted by molar-refractivity contribution is 6.08. The zero-order valence-corrected chi connectivity index (χ0v) is 19.9. The molecule has 176 valence electrons. The van der Waals surface area contributed by atoms with Crippen LogP contribution in [0, 0.1) is 13.8 Å². The molecule has 0 unspecified atom stereocenters. The predicted molar refractivity (Wildman–Crippen MR) is 137 cm³/mol. The summed E-state index contributed by atoms with van der Waals surface area (Å²) in [4.78, 5) is 24.8. The smallest absolute Gasteiger partial charge is 0.274 e. The lowest BCUT2D eigenvalue weighted by Crippen LogP contribution is -2.18. The molecule has 0 radical (unpaired) electrons. The Morgan fingerprint density at radius 2 is 1.89 bits per heavy atom. The molecule has 5 heterocycles. The van der Waals surface area contributed by atoms with Gasteiger partial charge in [0.15, 0.2) is 0 Å². The first-order valence-corrected chi connectivity index (χ1v) is 12.0. The molecule has 35 heavy (non-hydrogen) atoms. The number of fused-ring (bicyclic) bond motifs is 2. The Labute approximate surface area is 203 Å². The molecular formula is C27H27N7O. The van der Waals surface area contributed by atoms with Gasteiger partial charge in [-0.1, -0.05) is 12.1 Å². The van der Waals surface area contributed by atoms with Gasteiger partial charge in [-0.3, -0.25) is 18.9 Å². The van der Waals surface area contributed by atoms with Crippen LogP contribution in [0.4, 0.5) is 11.4 Å². The number of aromatic nitrogens is 5. The highest BCUT2D eigenvalue weighted by Crippen LogP contribution is 2.28. The predicted octanol–water partition coefficient (Wildman–Crippen LogP) is 4.60. The lowest BCUT2D eigenvalue weighted by atomic mass is 10.1. The van der Waals surface area contributed by atoms with E-state index in [4.69, 9.17) is 5.10 Å². The molecule has 1 saturated heterocycles. The van der Waals surface area contributed by atoms with E-state index < -0.39 is 0 Å². The summed E-state index contributed by atoms with van der Waals surface area (Å²) in [6.07, 6.45) is 6.01. The zero-order valence-electron chi connectivity index (χ0n) is 19.9. The molecule has 6 rings (SSSR count). The second-order valence-electron chi connectivity index (χ2n) is 9.12. The number of nitrogens with one attached hydrogen (secondary N) is 1. The third-order valence-electron chi connectivity index (χ3n) is 6.66. The molecule has 8 heteroatoms. The lowest BCUT2D eigenvalue weighted by molar-refractivity contribution is 0.102. The van der Waals surface area contributed by atoms with E-state index in [1.807, 2.05) is 65.5 Å². The number of amides is 1. The second kappa shape index (κ2) is 8.54. The molecule has 5 aromatic rings. The van der Waals surface area contributed by atoms with Crippen LogP contribution in [-0.2, 0) is 6.54 Å². The lowest BCUT2D eigenvalue weighted by Gasteiger charge is -2.17. The van der Waals surface area contributed by atoms with Gasteiger partial charge in [-0.2, -0.15) is 5.10 Å². The van der Waals surface area contributed by atoms with E-state index in [0.717, 1.165) is 58.1 Å². The summed E-state index contributed by atoms with van der Waals surface area (Å²) in [5.74, 6) is -0.202. The molecule has 0 bridgehead atoms. The molecule has 0 saturated carbocycles. The summed E-state index contributed by atoms with van der Waals surface area (Å²) in [6.45, 7) is 6.65. The van der Waals surface area contributed by atoms with Crippen molar-refractivity contribution in [2.24, 2.45) is 0 Å². The Hall–Kier alpha value is -4.20. The standard InChI is InChI=1S/C27H27N7O/c1-18-7-5-8-20(29-18)17-34-23-10-6-9-22(26(23)19(2)31-34)30-27(35)24-16-28-25-15-21(11-14-33(24)25)32-12-3-4-13-32/h5-11,14-16H,3-4,12-13,17H2,1-2H3,(H,30,35). The number of aryl methyl sites for hydroxylation is 2. The number of carbonyl (C=O) groups is 1. The van der Waals surface area contributed by atoms with Crippen molar-refractivity contribution in [3.8, 4) is 0 Å². The Balaban J connectivity index is 1.30. The van der Waals surface area contributed by atoms with Gasteiger partial charge in [0.2, 0.25) is 0 Å². The van der Waals surface area contributed by atoms with Crippen LogP contribution in [0.3, 0.4) is 0 Å². The quantitative estimate of drug-likeness (QED) is 0.410. The maximum absolute atomic E-state index is 13.3. The van der Waals surface area contributed by atoms with Crippen molar-refractivity contribution in [1.82, 2.24) is 24.1 Å². The first kappa shape index (κ1) is 21.3. The van der Waals surface area contributed by atoms with Crippen LogP contribution in [0.1, 0.15) is 40.4 Å². The topological polar surface area (TPSA) is 80.4 Å². The van der Waals surface area contributed by atoms with Crippen LogP contribution in [0.25, 0.3) is 16.6 Å². The number of anilines is 2. The molecule has 4 aromatic heterocycles. The van der Waals surface area contributed by atoms with Crippen LogP contribution in [0.15, 0.2) is 60.9 Å². The molecule has 1 aliphatic heterocycles. The minimum Gasteiger partial charge on any atom is -0.371 e. The summed E-state index contributed by atoms with van der Waals surface area (Å²) in [7, 11) is 0. The molecule has 0 spiro atoms. The summed E-state index contributed by atoms with van der Waals surface area (Å²) < 4.78 is 3.78. The van der Waals surface area contributed by atoms with Crippen molar-refractivity contribution >= 4 is 33.8 Å². The molecule has 1 aromatic carbocycles. The summed E-state index contributed by atoms with van der Waals surface area (Å²) >= 11 is 0. The molecule has 8 nitrogen and oxygen atoms in total. The van der Waals surface area contributed by atoms with E-state index in [0.29, 0.717) is 12.2 Å². The van der Waals surface area contributed by atoms with Gasteiger partial charge in [-0.15, -0.1) is 0 Å². The molecule has 1 fully saturated rings. The third kappa shape index (κ3) is 3.90. The fraction of sp³-hybridized carbons (Fsp3) is 0.259. The summed E-state index contributed by atoms with van der Waals surface area (Å²) in [5.41, 5.74) is 6.90. The highest BCUT2D eigenvalue weighted by atomic mass is 16.2. The number of imidazole rings is 1. The number of benzene rings is 1. The third-order valence-corrected chi connectivity index (χ3v) is 6.66. The second-order valence-corrected chi connectivity index (χ2v) is 9.12.